The van der Waals surface area contributed by atoms with Gasteiger partial charge in [-0.2, -0.15) is 0 Å². The van der Waals surface area contributed by atoms with Crippen molar-refractivity contribution in [2.24, 2.45) is 11.7 Å². The van der Waals surface area contributed by atoms with Crippen LogP contribution in [-0.4, -0.2) is 29.2 Å². The third kappa shape index (κ3) is 4.75. The first-order valence-electron chi connectivity index (χ1n) is 4.76. The quantitative estimate of drug-likeness (QED) is 0.499. The third-order valence-electron chi connectivity index (χ3n) is 2.08. The lowest BCUT2D eigenvalue weighted by molar-refractivity contribution is -0.265. The maximum Gasteiger partial charge on any atom is 0.383 e. The van der Waals surface area contributed by atoms with E-state index >= 15 is 0 Å². The Balaban J connectivity index is 3.99. The van der Waals surface area contributed by atoms with Crippen LogP contribution in [0.25, 0.3) is 0 Å². The SMILES string of the molecule is CCC(C)C(N)C(=O)OOC(=O)C(C)O. The van der Waals surface area contributed by atoms with Gasteiger partial charge in [0.25, 0.3) is 0 Å². The van der Waals surface area contributed by atoms with Gasteiger partial charge in [-0.15, -0.1) is 0 Å². The highest BCUT2D eigenvalue weighted by molar-refractivity contribution is 5.78. The van der Waals surface area contributed by atoms with Crippen molar-refractivity contribution in [2.45, 2.75) is 39.3 Å². The Bertz CT molecular complexity index is 229. The first-order valence-corrected chi connectivity index (χ1v) is 4.76. The molecule has 0 aromatic rings. The Kier molecular flexibility index (Phi) is 5.88. The van der Waals surface area contributed by atoms with Crippen LogP contribution < -0.4 is 5.73 Å². The molecule has 0 saturated heterocycles. The normalized spacial score (nSPS) is 16.3. The van der Waals surface area contributed by atoms with Crippen LogP contribution >= 0.6 is 0 Å². The van der Waals surface area contributed by atoms with Gasteiger partial charge in [0, 0.05) is 0 Å². The summed E-state index contributed by atoms with van der Waals surface area (Å²) in [5, 5.41) is 8.73. The Morgan fingerprint density at radius 3 is 2.13 bits per heavy atom. The fourth-order valence-corrected chi connectivity index (χ4v) is 0.694. The monoisotopic (exact) mass is 219 g/mol. The van der Waals surface area contributed by atoms with Gasteiger partial charge >= 0.3 is 11.9 Å². The Labute approximate surface area is 88.3 Å². The molecule has 3 unspecified atom stereocenters. The van der Waals surface area contributed by atoms with Gasteiger partial charge in [-0.25, -0.2) is 19.4 Å². The van der Waals surface area contributed by atoms with Gasteiger partial charge in [0.2, 0.25) is 0 Å². The number of aliphatic hydroxyl groups excluding tert-OH is 1. The Hall–Kier alpha value is -1.14. The van der Waals surface area contributed by atoms with Crippen LogP contribution in [0.15, 0.2) is 0 Å². The number of nitrogens with two attached hydrogens (primary N) is 1. The average molecular weight is 219 g/mol. The van der Waals surface area contributed by atoms with Crippen LogP contribution in [0.5, 0.6) is 0 Å². The molecular weight excluding hydrogens is 202 g/mol. The minimum absolute atomic E-state index is 0.0669. The van der Waals surface area contributed by atoms with Crippen molar-refractivity contribution in [1.82, 2.24) is 0 Å². The topological polar surface area (TPSA) is 98.9 Å². The van der Waals surface area contributed by atoms with Gasteiger partial charge in [-0.1, -0.05) is 20.3 Å². The molecule has 0 saturated carbocycles. The van der Waals surface area contributed by atoms with E-state index in [1.807, 2.05) is 6.92 Å². The van der Waals surface area contributed by atoms with Gasteiger partial charge < -0.3 is 10.8 Å². The molecule has 0 aromatic heterocycles. The summed E-state index contributed by atoms with van der Waals surface area (Å²) >= 11 is 0. The molecule has 0 spiro atoms. The Morgan fingerprint density at radius 1 is 1.27 bits per heavy atom. The lowest BCUT2D eigenvalue weighted by atomic mass is 10.0. The second-order valence-electron chi connectivity index (χ2n) is 3.39. The zero-order chi connectivity index (χ0) is 12.0. The van der Waals surface area contributed by atoms with Crippen molar-refractivity contribution >= 4 is 11.9 Å². The lowest BCUT2D eigenvalue weighted by Gasteiger charge is -2.15. The molecule has 6 heteroatoms. The molecule has 88 valence electrons. The summed E-state index contributed by atoms with van der Waals surface area (Å²) in [5.74, 6) is -1.92. The summed E-state index contributed by atoms with van der Waals surface area (Å²) in [4.78, 5) is 30.1. The third-order valence-corrected chi connectivity index (χ3v) is 2.08. The van der Waals surface area contributed by atoms with Crippen molar-refractivity contribution in [3.8, 4) is 0 Å². The molecular formula is C9H17NO5. The van der Waals surface area contributed by atoms with E-state index in [0.29, 0.717) is 6.42 Å². The summed E-state index contributed by atoms with van der Waals surface area (Å²) in [5.41, 5.74) is 5.51. The van der Waals surface area contributed by atoms with Gasteiger partial charge in [0.1, 0.15) is 6.04 Å². The molecule has 6 nitrogen and oxygen atoms in total. The molecule has 3 N–H and O–H groups in total. The molecule has 0 amide bonds. The van der Waals surface area contributed by atoms with Crippen molar-refractivity contribution in [3.63, 3.8) is 0 Å². The highest BCUT2D eigenvalue weighted by Crippen LogP contribution is 2.07. The van der Waals surface area contributed by atoms with Crippen molar-refractivity contribution < 1.29 is 24.5 Å². The second kappa shape index (κ2) is 6.36. The van der Waals surface area contributed by atoms with E-state index in [1.54, 1.807) is 6.92 Å². The summed E-state index contributed by atoms with van der Waals surface area (Å²) in [6.45, 7) is 4.85. The number of carbonyl (C=O) groups is 2. The highest BCUT2D eigenvalue weighted by atomic mass is 17.2. The van der Waals surface area contributed by atoms with Crippen LogP contribution in [0.1, 0.15) is 27.2 Å². The number of aliphatic hydroxyl groups is 1. The highest BCUT2D eigenvalue weighted by Gasteiger charge is 2.24. The standard InChI is InChI=1S/C9H17NO5/c1-4-5(2)7(10)9(13)15-14-8(12)6(3)11/h5-7,11H,4,10H2,1-3H3. The first kappa shape index (κ1) is 13.9. The molecule has 0 aliphatic rings. The minimum atomic E-state index is -1.34. The van der Waals surface area contributed by atoms with Crippen LogP contribution in [0.2, 0.25) is 0 Å². The van der Waals surface area contributed by atoms with Gasteiger partial charge in [0.15, 0.2) is 6.10 Å². The fraction of sp³-hybridized carbons (Fsp3) is 0.778. The molecule has 0 heterocycles. The van der Waals surface area contributed by atoms with E-state index in [2.05, 4.69) is 9.78 Å². The largest absolute Gasteiger partial charge is 0.383 e. The lowest BCUT2D eigenvalue weighted by Crippen LogP contribution is -2.38. The van der Waals surface area contributed by atoms with E-state index in [-0.39, 0.29) is 5.92 Å². The maximum atomic E-state index is 11.2. The summed E-state index contributed by atoms with van der Waals surface area (Å²) < 4.78 is 0. The van der Waals surface area contributed by atoms with E-state index < -0.39 is 24.1 Å². The summed E-state index contributed by atoms with van der Waals surface area (Å²) in [6, 6.07) is -0.836. The van der Waals surface area contributed by atoms with Crippen molar-refractivity contribution in [3.05, 3.63) is 0 Å². The Morgan fingerprint density at radius 2 is 1.73 bits per heavy atom. The zero-order valence-electron chi connectivity index (χ0n) is 9.10. The van der Waals surface area contributed by atoms with Crippen LogP contribution in [0.3, 0.4) is 0 Å². The minimum Gasteiger partial charge on any atom is -0.382 e. The number of rotatable bonds is 4. The smallest absolute Gasteiger partial charge is 0.382 e. The zero-order valence-corrected chi connectivity index (χ0v) is 9.10. The molecule has 0 aliphatic carbocycles. The number of carbonyl (C=O) groups excluding carboxylic acids is 2. The van der Waals surface area contributed by atoms with Crippen LogP contribution in [0, 0.1) is 5.92 Å². The van der Waals surface area contributed by atoms with Crippen LogP contribution in [0.4, 0.5) is 0 Å². The van der Waals surface area contributed by atoms with E-state index in [4.69, 9.17) is 10.8 Å². The predicted octanol–water partition coefficient (Wildman–Crippen LogP) is -0.258. The predicted molar refractivity (Wildman–Crippen MR) is 51.3 cm³/mol. The summed E-state index contributed by atoms with van der Waals surface area (Å²) in [6.07, 6.45) is -0.627. The second-order valence-corrected chi connectivity index (χ2v) is 3.39. The molecule has 15 heavy (non-hydrogen) atoms. The van der Waals surface area contributed by atoms with Gasteiger partial charge in [-0.05, 0) is 12.8 Å². The van der Waals surface area contributed by atoms with E-state index in [0.717, 1.165) is 0 Å². The van der Waals surface area contributed by atoms with Gasteiger partial charge in [-0.3, -0.25) is 0 Å². The molecule has 0 aromatic carbocycles. The van der Waals surface area contributed by atoms with E-state index in [9.17, 15) is 9.59 Å². The first-order chi connectivity index (χ1) is 6.90. The number of hydrogen-bond acceptors (Lipinski definition) is 6. The average Bonchev–Trinajstić information content (AvgIpc) is 2.22. The van der Waals surface area contributed by atoms with Crippen molar-refractivity contribution in [1.29, 1.82) is 0 Å². The van der Waals surface area contributed by atoms with Crippen molar-refractivity contribution in [2.75, 3.05) is 0 Å². The maximum absolute atomic E-state index is 11.2. The van der Waals surface area contributed by atoms with E-state index in [1.165, 1.54) is 6.92 Å². The van der Waals surface area contributed by atoms with Gasteiger partial charge in [0.05, 0.1) is 0 Å². The summed E-state index contributed by atoms with van der Waals surface area (Å²) in [7, 11) is 0. The number of hydrogen-bond donors (Lipinski definition) is 2. The molecule has 0 radical (unpaired) electrons. The fourth-order valence-electron chi connectivity index (χ4n) is 0.694. The molecule has 3 atom stereocenters. The molecule has 0 rings (SSSR count). The van der Waals surface area contributed by atoms with Crippen LogP contribution in [-0.2, 0) is 19.4 Å². The molecule has 0 fully saturated rings. The molecule has 0 bridgehead atoms. The molecule has 0 aliphatic heterocycles.